The van der Waals surface area contributed by atoms with Crippen molar-refractivity contribution in [2.45, 2.75) is 27.2 Å². The topological polar surface area (TPSA) is 93.7 Å². The van der Waals surface area contributed by atoms with Gasteiger partial charge in [0.05, 0.1) is 0 Å². The monoisotopic (exact) mass is 398 g/mol. The number of hydrogen-bond donors (Lipinski definition) is 2. The Labute approximate surface area is 170 Å². The zero-order valence-corrected chi connectivity index (χ0v) is 16.9. The number of ether oxygens (including phenoxy) is 2. The highest BCUT2D eigenvalue weighted by Crippen LogP contribution is 2.16. The first-order chi connectivity index (χ1) is 13.8. The quantitative estimate of drug-likeness (QED) is 0.385. The molecule has 0 unspecified atom stereocenters. The van der Waals surface area contributed by atoms with Gasteiger partial charge in [0.25, 0.3) is 11.8 Å². The first-order valence-corrected chi connectivity index (χ1v) is 9.38. The van der Waals surface area contributed by atoms with Gasteiger partial charge in [0.1, 0.15) is 11.5 Å². The van der Waals surface area contributed by atoms with Crippen molar-refractivity contribution >= 4 is 17.8 Å². The molecule has 0 fully saturated rings. The van der Waals surface area contributed by atoms with Gasteiger partial charge in [-0.25, -0.2) is 0 Å². The molecule has 0 radical (unpaired) electrons. The van der Waals surface area contributed by atoms with E-state index in [4.69, 9.17) is 9.47 Å². The van der Waals surface area contributed by atoms with Gasteiger partial charge in [-0.05, 0) is 61.7 Å². The van der Waals surface area contributed by atoms with E-state index in [2.05, 4.69) is 10.6 Å². The molecule has 2 rings (SSSR count). The lowest BCUT2D eigenvalue weighted by Crippen LogP contribution is -2.32. The molecule has 2 amide bonds. The van der Waals surface area contributed by atoms with E-state index >= 15 is 0 Å². The number of rotatable bonds is 9. The molecule has 2 aromatic carbocycles. The molecule has 0 bridgehead atoms. The molecule has 7 nitrogen and oxygen atoms in total. The molecule has 2 N–H and O–H groups in total. The maximum absolute atomic E-state index is 12.1. The van der Waals surface area contributed by atoms with Crippen LogP contribution in [-0.4, -0.2) is 37.5 Å². The Kier molecular flexibility index (Phi) is 8.21. The number of esters is 1. The van der Waals surface area contributed by atoms with E-state index in [-0.39, 0.29) is 18.4 Å². The van der Waals surface area contributed by atoms with Crippen molar-refractivity contribution in [1.29, 1.82) is 0 Å². The van der Waals surface area contributed by atoms with Crippen LogP contribution in [-0.2, 0) is 9.59 Å². The summed E-state index contributed by atoms with van der Waals surface area (Å²) < 4.78 is 10.4. The fraction of sp³-hybridized carbons (Fsp3) is 0.318. The van der Waals surface area contributed by atoms with E-state index < -0.39 is 5.97 Å². The summed E-state index contributed by atoms with van der Waals surface area (Å²) in [5.41, 5.74) is 2.67. The molecule has 0 heterocycles. The van der Waals surface area contributed by atoms with Crippen LogP contribution < -0.4 is 20.1 Å². The van der Waals surface area contributed by atoms with Crippen LogP contribution in [0.25, 0.3) is 0 Å². The van der Waals surface area contributed by atoms with Crippen molar-refractivity contribution in [2.75, 3.05) is 19.7 Å². The average Bonchev–Trinajstić information content (AvgIpc) is 2.68. The molecular formula is C22H26N2O5. The molecule has 2 aromatic rings. The summed E-state index contributed by atoms with van der Waals surface area (Å²) in [6.45, 7) is 6.06. The normalized spacial score (nSPS) is 10.2. The zero-order chi connectivity index (χ0) is 21.2. The molecule has 0 saturated heterocycles. The van der Waals surface area contributed by atoms with Crippen LogP contribution in [0.3, 0.4) is 0 Å². The van der Waals surface area contributed by atoms with E-state index in [0.717, 1.165) is 5.56 Å². The lowest BCUT2D eigenvalue weighted by molar-refractivity contribution is -0.131. The van der Waals surface area contributed by atoms with Crippen LogP contribution in [0.2, 0.25) is 0 Å². The molecule has 0 spiro atoms. The Hall–Kier alpha value is -3.35. The highest BCUT2D eigenvalue weighted by molar-refractivity contribution is 5.94. The first kappa shape index (κ1) is 21.9. The van der Waals surface area contributed by atoms with Crippen LogP contribution in [0, 0.1) is 13.8 Å². The molecule has 0 aliphatic heterocycles. The highest BCUT2D eigenvalue weighted by atomic mass is 16.5. The van der Waals surface area contributed by atoms with Gasteiger partial charge in [0, 0.05) is 25.6 Å². The van der Waals surface area contributed by atoms with Gasteiger partial charge in [-0.3, -0.25) is 14.4 Å². The summed E-state index contributed by atoms with van der Waals surface area (Å²) in [5, 5.41) is 5.51. The van der Waals surface area contributed by atoms with Crippen LogP contribution in [0.15, 0.2) is 42.5 Å². The third-order valence-corrected chi connectivity index (χ3v) is 4.17. The number of carbonyl (C=O) groups is 3. The maximum atomic E-state index is 12.1. The average molecular weight is 398 g/mol. The van der Waals surface area contributed by atoms with Crippen LogP contribution in [0.5, 0.6) is 11.5 Å². The van der Waals surface area contributed by atoms with Gasteiger partial charge in [0.15, 0.2) is 6.61 Å². The van der Waals surface area contributed by atoms with Crippen molar-refractivity contribution in [3.63, 3.8) is 0 Å². The van der Waals surface area contributed by atoms with Crippen molar-refractivity contribution in [3.05, 3.63) is 59.2 Å². The van der Waals surface area contributed by atoms with E-state index in [1.54, 1.807) is 18.2 Å². The Bertz CT molecular complexity index is 879. The van der Waals surface area contributed by atoms with Crippen LogP contribution in [0.1, 0.15) is 34.8 Å². The Morgan fingerprint density at radius 2 is 1.66 bits per heavy atom. The van der Waals surface area contributed by atoms with Gasteiger partial charge in [-0.2, -0.15) is 0 Å². The number of carbonyl (C=O) groups excluding carboxylic acids is 3. The maximum Gasteiger partial charge on any atom is 0.308 e. The number of hydrogen-bond acceptors (Lipinski definition) is 5. The molecule has 154 valence electrons. The summed E-state index contributed by atoms with van der Waals surface area (Å²) in [5.74, 6) is 0.0412. The van der Waals surface area contributed by atoms with Gasteiger partial charge < -0.3 is 20.1 Å². The summed E-state index contributed by atoms with van der Waals surface area (Å²) >= 11 is 0. The minimum Gasteiger partial charge on any atom is -0.484 e. The summed E-state index contributed by atoms with van der Waals surface area (Å²) in [4.78, 5) is 35.0. The Morgan fingerprint density at radius 1 is 0.897 bits per heavy atom. The predicted octanol–water partition coefficient (Wildman–Crippen LogP) is 2.54. The van der Waals surface area contributed by atoms with Gasteiger partial charge >= 0.3 is 5.97 Å². The highest BCUT2D eigenvalue weighted by Gasteiger charge is 2.08. The molecule has 0 aliphatic carbocycles. The third kappa shape index (κ3) is 7.65. The second kappa shape index (κ2) is 10.8. The predicted molar refractivity (Wildman–Crippen MR) is 109 cm³/mol. The molecule has 0 aliphatic rings. The van der Waals surface area contributed by atoms with E-state index in [1.807, 2.05) is 32.0 Å². The lowest BCUT2D eigenvalue weighted by atomic mass is 10.1. The zero-order valence-electron chi connectivity index (χ0n) is 16.9. The standard InChI is InChI=1S/C22H26N2O5/c1-15-8-9-19(12-16(15)2)28-14-21(26)23-10-5-11-24-22(27)18-6-4-7-20(13-18)29-17(3)25/h4,6-9,12-13H,5,10-11,14H2,1-3H3,(H,23,26)(H,24,27). The van der Waals surface area contributed by atoms with E-state index in [0.29, 0.717) is 36.6 Å². The second-order valence-corrected chi connectivity index (χ2v) is 6.62. The molecule has 0 aromatic heterocycles. The fourth-order valence-corrected chi connectivity index (χ4v) is 2.49. The molecular weight excluding hydrogens is 372 g/mol. The van der Waals surface area contributed by atoms with Crippen molar-refractivity contribution in [2.24, 2.45) is 0 Å². The van der Waals surface area contributed by atoms with Crippen molar-refractivity contribution in [3.8, 4) is 11.5 Å². The molecule has 29 heavy (non-hydrogen) atoms. The lowest BCUT2D eigenvalue weighted by Gasteiger charge is -2.10. The largest absolute Gasteiger partial charge is 0.484 e. The Balaban J connectivity index is 1.64. The van der Waals surface area contributed by atoms with Gasteiger partial charge in [0.2, 0.25) is 0 Å². The van der Waals surface area contributed by atoms with Crippen LogP contribution >= 0.6 is 0 Å². The fourth-order valence-electron chi connectivity index (χ4n) is 2.49. The van der Waals surface area contributed by atoms with E-state index in [1.165, 1.54) is 18.6 Å². The second-order valence-electron chi connectivity index (χ2n) is 6.62. The van der Waals surface area contributed by atoms with Gasteiger partial charge in [-0.15, -0.1) is 0 Å². The molecule has 0 atom stereocenters. The minimum atomic E-state index is -0.445. The number of aryl methyl sites for hydroxylation is 2. The summed E-state index contributed by atoms with van der Waals surface area (Å²) in [6, 6.07) is 12.1. The number of nitrogens with one attached hydrogen (secondary N) is 2. The van der Waals surface area contributed by atoms with Gasteiger partial charge in [-0.1, -0.05) is 12.1 Å². The third-order valence-electron chi connectivity index (χ3n) is 4.17. The minimum absolute atomic E-state index is 0.0577. The van der Waals surface area contributed by atoms with Crippen molar-refractivity contribution in [1.82, 2.24) is 10.6 Å². The van der Waals surface area contributed by atoms with Crippen LogP contribution in [0.4, 0.5) is 0 Å². The number of amides is 2. The number of benzene rings is 2. The smallest absolute Gasteiger partial charge is 0.308 e. The summed E-state index contributed by atoms with van der Waals surface area (Å²) in [6.07, 6.45) is 0.574. The van der Waals surface area contributed by atoms with E-state index in [9.17, 15) is 14.4 Å². The molecule has 0 saturated carbocycles. The molecule has 7 heteroatoms. The summed E-state index contributed by atoms with van der Waals surface area (Å²) in [7, 11) is 0. The Morgan fingerprint density at radius 3 is 2.38 bits per heavy atom. The first-order valence-electron chi connectivity index (χ1n) is 9.38. The SMILES string of the molecule is CC(=O)Oc1cccc(C(=O)NCCCNC(=O)COc2ccc(C)c(C)c2)c1. The van der Waals surface area contributed by atoms with Crippen molar-refractivity contribution < 1.29 is 23.9 Å².